The van der Waals surface area contributed by atoms with Crippen LogP contribution in [0.4, 0.5) is 0 Å². The van der Waals surface area contributed by atoms with Crippen LogP contribution in [0.25, 0.3) is 0 Å². The number of ether oxygens (including phenoxy) is 4. The summed E-state index contributed by atoms with van der Waals surface area (Å²) in [5.74, 6) is -4.16. The normalized spacial score (nSPS) is 33.2. The first-order valence-electron chi connectivity index (χ1n) is 15.4. The molecule has 4 bridgehead atoms. The first-order valence-corrected chi connectivity index (χ1v) is 16.3. The summed E-state index contributed by atoms with van der Waals surface area (Å²) < 4.78 is 25.3. The molecule has 0 aromatic heterocycles. The summed E-state index contributed by atoms with van der Waals surface area (Å²) in [5, 5.41) is -0.613. The van der Waals surface area contributed by atoms with Gasteiger partial charge in [0.15, 0.2) is 17.5 Å². The molecular formula is C37H34O8S. The minimum absolute atomic E-state index is 0.152. The van der Waals surface area contributed by atoms with Gasteiger partial charge in [-0.2, -0.15) is 0 Å². The van der Waals surface area contributed by atoms with E-state index in [1.165, 1.54) is 18.9 Å². The minimum Gasteiger partial charge on any atom is -0.469 e. The number of hydrogen-bond donors (Lipinski definition) is 0. The van der Waals surface area contributed by atoms with Crippen LogP contribution in [0.3, 0.4) is 0 Å². The molecular weight excluding hydrogens is 604 g/mol. The number of thioether (sulfide) groups is 1. The standard InChI is InChI=1S/C37H34O8S/c1-35(2)27-28(43-32(39)22-13-7-4-8-14-22)30(44-33(40)23-15-9-5-10-16-23)36-20-19-24(21-26(36)34(41)42-3)29(38)37(36,45-35)31(27)46-25-17-11-6-12-18-25/h4-20,24,26-28,30-31H,21H2,1-3H3/t24-,26?,27+,28-,30-,31-,36+,37+/m0/s1. The predicted molar refractivity (Wildman–Crippen MR) is 169 cm³/mol. The Morgan fingerprint density at radius 1 is 0.826 bits per heavy atom. The van der Waals surface area contributed by atoms with Gasteiger partial charge in [-0.15, -0.1) is 11.8 Å². The number of rotatable bonds is 7. The van der Waals surface area contributed by atoms with E-state index in [-0.39, 0.29) is 17.8 Å². The van der Waals surface area contributed by atoms with E-state index in [1.807, 2.05) is 50.3 Å². The Bertz CT molecular complexity index is 1710. The van der Waals surface area contributed by atoms with Crippen LogP contribution in [0.15, 0.2) is 108 Å². The maximum Gasteiger partial charge on any atom is 0.338 e. The van der Waals surface area contributed by atoms with Crippen LogP contribution in [0, 0.1) is 23.2 Å². The zero-order chi connectivity index (χ0) is 32.3. The van der Waals surface area contributed by atoms with Crippen molar-refractivity contribution in [1.82, 2.24) is 0 Å². The highest BCUT2D eigenvalue weighted by molar-refractivity contribution is 8.00. The smallest absolute Gasteiger partial charge is 0.338 e. The summed E-state index contributed by atoms with van der Waals surface area (Å²) in [6.07, 6.45) is 1.38. The van der Waals surface area contributed by atoms with Gasteiger partial charge in [0.25, 0.3) is 0 Å². The van der Waals surface area contributed by atoms with Gasteiger partial charge in [0.2, 0.25) is 0 Å². The molecule has 236 valence electrons. The fraction of sp³-hybridized carbons (Fsp3) is 0.351. The molecule has 1 unspecified atom stereocenters. The van der Waals surface area contributed by atoms with E-state index in [4.69, 9.17) is 18.9 Å². The molecule has 9 heteroatoms. The van der Waals surface area contributed by atoms with Gasteiger partial charge in [0.05, 0.1) is 40.4 Å². The molecule has 2 spiro atoms. The lowest BCUT2D eigenvalue weighted by Gasteiger charge is -2.63. The van der Waals surface area contributed by atoms with Gasteiger partial charge in [-0.1, -0.05) is 66.7 Å². The highest BCUT2D eigenvalue weighted by Gasteiger charge is 2.85. The Kier molecular flexibility index (Phi) is 7.44. The average molecular weight is 639 g/mol. The van der Waals surface area contributed by atoms with Gasteiger partial charge in [-0.05, 0) is 56.7 Å². The van der Waals surface area contributed by atoms with Crippen molar-refractivity contribution < 1.29 is 38.1 Å². The number of methoxy groups -OCH3 is 1. The van der Waals surface area contributed by atoms with E-state index in [0.29, 0.717) is 5.56 Å². The predicted octanol–water partition coefficient (Wildman–Crippen LogP) is 5.71. The number of allylic oxidation sites excluding steroid dienone is 1. The number of carbonyl (C=O) groups excluding carboxylic acids is 4. The third kappa shape index (κ3) is 4.39. The number of esters is 3. The van der Waals surface area contributed by atoms with Gasteiger partial charge in [0.1, 0.15) is 6.10 Å². The summed E-state index contributed by atoms with van der Waals surface area (Å²) in [7, 11) is 1.30. The summed E-state index contributed by atoms with van der Waals surface area (Å²) in [6, 6.07) is 26.7. The zero-order valence-corrected chi connectivity index (χ0v) is 26.5. The average Bonchev–Trinajstić information content (AvgIpc) is 3.27. The number of Topliss-reactive ketones (excluding diaryl/α,β-unsaturated/α-hetero) is 1. The van der Waals surface area contributed by atoms with Crippen LogP contribution < -0.4 is 0 Å². The number of benzene rings is 3. The third-order valence-corrected chi connectivity index (χ3v) is 11.5. The highest BCUT2D eigenvalue weighted by Crippen LogP contribution is 2.72. The monoisotopic (exact) mass is 638 g/mol. The van der Waals surface area contributed by atoms with Gasteiger partial charge in [-0.3, -0.25) is 9.59 Å². The molecule has 0 amide bonds. The Hall–Kier alpha value is -4.21. The highest BCUT2D eigenvalue weighted by atomic mass is 32.2. The van der Waals surface area contributed by atoms with Crippen molar-refractivity contribution >= 4 is 35.5 Å². The lowest BCUT2D eigenvalue weighted by molar-refractivity contribution is -0.222. The Morgan fingerprint density at radius 3 is 1.98 bits per heavy atom. The van der Waals surface area contributed by atoms with Crippen LogP contribution in [0.5, 0.6) is 0 Å². The van der Waals surface area contributed by atoms with Gasteiger partial charge in [0, 0.05) is 16.7 Å². The largest absolute Gasteiger partial charge is 0.469 e. The number of hydrogen-bond acceptors (Lipinski definition) is 9. The zero-order valence-electron chi connectivity index (χ0n) is 25.7. The van der Waals surface area contributed by atoms with Crippen molar-refractivity contribution in [3.63, 3.8) is 0 Å². The summed E-state index contributed by atoms with van der Waals surface area (Å²) in [4.78, 5) is 57.3. The summed E-state index contributed by atoms with van der Waals surface area (Å²) in [6.45, 7) is 3.74. The quantitative estimate of drug-likeness (QED) is 0.183. The fourth-order valence-corrected chi connectivity index (χ4v) is 10.0. The van der Waals surface area contributed by atoms with Gasteiger partial charge >= 0.3 is 17.9 Å². The Morgan fingerprint density at radius 2 is 1.39 bits per heavy atom. The van der Waals surface area contributed by atoms with E-state index in [1.54, 1.807) is 66.7 Å². The topological polar surface area (TPSA) is 105 Å². The van der Waals surface area contributed by atoms with Crippen molar-refractivity contribution in [3.05, 3.63) is 114 Å². The van der Waals surface area contributed by atoms with E-state index in [0.717, 1.165) is 4.90 Å². The SMILES string of the molecule is COC(=O)C1C[C@@H]2C=C[C@]13[C@@H](OC(=O)c1ccccc1)[C@@H](OC(=O)c1ccccc1)[C@@H]1[C@H](Sc4ccccc4)[C@]3(OC1(C)C)C2=O. The van der Waals surface area contributed by atoms with Crippen molar-refractivity contribution in [2.45, 2.75) is 53.8 Å². The molecule has 8 atom stereocenters. The first-order chi connectivity index (χ1) is 22.1. The fourth-order valence-electron chi connectivity index (χ4n) is 8.26. The molecule has 2 saturated carbocycles. The molecule has 8 rings (SSSR count). The van der Waals surface area contributed by atoms with Crippen LogP contribution in [0.2, 0.25) is 0 Å². The van der Waals surface area contributed by atoms with Crippen LogP contribution in [0.1, 0.15) is 41.0 Å². The number of fused-ring (bicyclic) bond motifs is 2. The van der Waals surface area contributed by atoms with Crippen molar-refractivity contribution in [2.24, 2.45) is 23.2 Å². The molecule has 4 aliphatic carbocycles. The molecule has 0 N–H and O–H groups in total. The molecule has 46 heavy (non-hydrogen) atoms. The van der Waals surface area contributed by atoms with E-state index < -0.39 is 69.7 Å². The van der Waals surface area contributed by atoms with E-state index in [2.05, 4.69) is 0 Å². The van der Waals surface area contributed by atoms with Crippen molar-refractivity contribution in [2.75, 3.05) is 7.11 Å². The second kappa shape index (κ2) is 11.2. The number of ketones is 1. The maximum atomic E-state index is 14.8. The molecule has 5 aliphatic rings. The van der Waals surface area contributed by atoms with Crippen LogP contribution in [-0.2, 0) is 28.5 Å². The van der Waals surface area contributed by atoms with E-state index >= 15 is 0 Å². The summed E-state index contributed by atoms with van der Waals surface area (Å²) >= 11 is 1.46. The second-order valence-corrected chi connectivity index (χ2v) is 14.0. The molecule has 3 aromatic rings. The molecule has 3 fully saturated rings. The molecule has 1 heterocycles. The third-order valence-electron chi connectivity index (χ3n) is 10.1. The molecule has 1 saturated heterocycles. The molecule has 0 radical (unpaired) electrons. The minimum atomic E-state index is -1.60. The van der Waals surface area contributed by atoms with Gasteiger partial charge in [-0.25, -0.2) is 9.59 Å². The number of carbonyl (C=O) groups is 4. The van der Waals surface area contributed by atoms with Crippen LogP contribution in [-0.4, -0.2) is 59.5 Å². The van der Waals surface area contributed by atoms with Crippen LogP contribution >= 0.6 is 11.8 Å². The van der Waals surface area contributed by atoms with E-state index in [9.17, 15) is 19.2 Å². The molecule has 1 aliphatic heterocycles. The lowest BCUT2D eigenvalue weighted by atomic mass is 9.44. The Labute approximate surface area is 271 Å². The lowest BCUT2D eigenvalue weighted by Crippen LogP contribution is -2.78. The summed E-state index contributed by atoms with van der Waals surface area (Å²) in [5.41, 5.74) is -3.60. The maximum absolute atomic E-state index is 14.8. The second-order valence-electron chi connectivity index (χ2n) is 12.8. The van der Waals surface area contributed by atoms with Crippen molar-refractivity contribution in [3.8, 4) is 0 Å². The van der Waals surface area contributed by atoms with Gasteiger partial charge < -0.3 is 18.9 Å². The molecule has 3 aromatic carbocycles. The first kappa shape index (κ1) is 30.4. The molecule has 8 nitrogen and oxygen atoms in total. The Balaban J connectivity index is 1.47. The van der Waals surface area contributed by atoms with Crippen molar-refractivity contribution in [1.29, 1.82) is 0 Å².